The molecule has 0 aromatic heterocycles. The summed E-state index contributed by atoms with van der Waals surface area (Å²) in [5.74, 6) is 0.690. The minimum absolute atomic E-state index is 0.177. The fraction of sp³-hybridized carbons (Fsp3) is 0.462. The molecule has 16 heavy (non-hydrogen) atoms. The van der Waals surface area contributed by atoms with E-state index in [-0.39, 0.29) is 5.91 Å². The SMILES string of the molecule is CC(C)CN(C)C(=O)Cc1ccc(Br)cc1. The fourth-order valence-corrected chi connectivity index (χ4v) is 1.83. The van der Waals surface area contributed by atoms with Gasteiger partial charge in [0, 0.05) is 18.1 Å². The number of carbonyl (C=O) groups excluding carboxylic acids is 1. The van der Waals surface area contributed by atoms with Crippen molar-refractivity contribution in [1.82, 2.24) is 4.90 Å². The standard InChI is InChI=1S/C13H18BrNO/c1-10(2)9-15(3)13(16)8-11-4-6-12(14)7-5-11/h4-7,10H,8-9H2,1-3H3. The summed E-state index contributed by atoms with van der Waals surface area (Å²) in [6.07, 6.45) is 0.483. The number of rotatable bonds is 4. The Balaban J connectivity index is 2.54. The lowest BCUT2D eigenvalue weighted by molar-refractivity contribution is -0.129. The van der Waals surface area contributed by atoms with Gasteiger partial charge in [0.15, 0.2) is 0 Å². The number of nitrogens with zero attached hydrogens (tertiary/aromatic N) is 1. The van der Waals surface area contributed by atoms with Crippen LogP contribution in [-0.2, 0) is 11.2 Å². The molecule has 0 heterocycles. The van der Waals surface area contributed by atoms with E-state index in [2.05, 4.69) is 29.8 Å². The summed E-state index contributed by atoms with van der Waals surface area (Å²) in [5.41, 5.74) is 1.06. The van der Waals surface area contributed by atoms with Gasteiger partial charge in [0.1, 0.15) is 0 Å². The first-order chi connectivity index (χ1) is 7.49. The van der Waals surface area contributed by atoms with E-state index in [0.29, 0.717) is 12.3 Å². The van der Waals surface area contributed by atoms with Crippen LogP contribution in [0, 0.1) is 5.92 Å². The second kappa shape index (κ2) is 6.04. The topological polar surface area (TPSA) is 20.3 Å². The zero-order valence-electron chi connectivity index (χ0n) is 10.0. The van der Waals surface area contributed by atoms with E-state index in [1.165, 1.54) is 0 Å². The third-order valence-electron chi connectivity index (χ3n) is 2.33. The molecule has 0 saturated heterocycles. The molecule has 0 bridgehead atoms. The smallest absolute Gasteiger partial charge is 0.226 e. The molecule has 2 nitrogen and oxygen atoms in total. The minimum atomic E-state index is 0.177. The molecule has 0 aliphatic rings. The van der Waals surface area contributed by atoms with Crippen LogP contribution in [-0.4, -0.2) is 24.4 Å². The van der Waals surface area contributed by atoms with Crippen LogP contribution in [0.3, 0.4) is 0 Å². The highest BCUT2D eigenvalue weighted by Crippen LogP contribution is 2.11. The highest BCUT2D eigenvalue weighted by molar-refractivity contribution is 9.10. The third-order valence-corrected chi connectivity index (χ3v) is 2.86. The van der Waals surface area contributed by atoms with Crippen LogP contribution in [0.4, 0.5) is 0 Å². The third kappa shape index (κ3) is 4.35. The van der Waals surface area contributed by atoms with Gasteiger partial charge in [-0.1, -0.05) is 41.9 Å². The van der Waals surface area contributed by atoms with Crippen molar-refractivity contribution in [3.8, 4) is 0 Å². The molecular formula is C13H18BrNO. The van der Waals surface area contributed by atoms with Crippen LogP contribution in [0.25, 0.3) is 0 Å². The van der Waals surface area contributed by atoms with Crippen LogP contribution in [0.5, 0.6) is 0 Å². The van der Waals surface area contributed by atoms with E-state index in [0.717, 1.165) is 16.6 Å². The van der Waals surface area contributed by atoms with E-state index in [4.69, 9.17) is 0 Å². The zero-order chi connectivity index (χ0) is 12.1. The molecular weight excluding hydrogens is 266 g/mol. The van der Waals surface area contributed by atoms with Crippen molar-refractivity contribution in [3.05, 3.63) is 34.3 Å². The normalized spacial score (nSPS) is 10.6. The van der Waals surface area contributed by atoms with Gasteiger partial charge >= 0.3 is 0 Å². The molecule has 88 valence electrons. The summed E-state index contributed by atoms with van der Waals surface area (Å²) >= 11 is 3.38. The highest BCUT2D eigenvalue weighted by Gasteiger charge is 2.10. The summed E-state index contributed by atoms with van der Waals surface area (Å²) in [4.78, 5) is 13.6. The second-order valence-corrected chi connectivity index (χ2v) is 5.39. The molecule has 3 heteroatoms. The van der Waals surface area contributed by atoms with Gasteiger partial charge in [0.25, 0.3) is 0 Å². The number of halogens is 1. The first-order valence-electron chi connectivity index (χ1n) is 5.47. The van der Waals surface area contributed by atoms with Crippen molar-refractivity contribution in [2.45, 2.75) is 20.3 Å². The lowest BCUT2D eigenvalue weighted by Gasteiger charge is -2.19. The number of likely N-dealkylation sites (N-methyl/N-ethyl adjacent to an activating group) is 1. The molecule has 0 saturated carbocycles. The van der Waals surface area contributed by atoms with Gasteiger partial charge in [-0.05, 0) is 23.6 Å². The molecule has 1 aromatic rings. The van der Waals surface area contributed by atoms with Crippen LogP contribution in [0.15, 0.2) is 28.7 Å². The summed E-state index contributed by atoms with van der Waals surface area (Å²) in [5, 5.41) is 0. The van der Waals surface area contributed by atoms with E-state index >= 15 is 0 Å². The maximum Gasteiger partial charge on any atom is 0.226 e. The van der Waals surface area contributed by atoms with Gasteiger partial charge in [0.2, 0.25) is 5.91 Å². The number of carbonyl (C=O) groups is 1. The first-order valence-corrected chi connectivity index (χ1v) is 6.26. The highest BCUT2D eigenvalue weighted by atomic mass is 79.9. The lowest BCUT2D eigenvalue weighted by atomic mass is 10.1. The van der Waals surface area contributed by atoms with Crippen molar-refractivity contribution >= 4 is 21.8 Å². The fourth-order valence-electron chi connectivity index (χ4n) is 1.56. The van der Waals surface area contributed by atoms with Gasteiger partial charge in [-0.15, -0.1) is 0 Å². The van der Waals surface area contributed by atoms with Crippen molar-refractivity contribution in [2.24, 2.45) is 5.92 Å². The Morgan fingerprint density at radius 2 is 1.88 bits per heavy atom. The molecule has 0 N–H and O–H groups in total. The van der Waals surface area contributed by atoms with Crippen molar-refractivity contribution in [3.63, 3.8) is 0 Å². The molecule has 1 rings (SSSR count). The van der Waals surface area contributed by atoms with Gasteiger partial charge in [-0.3, -0.25) is 4.79 Å². The predicted octanol–water partition coefficient (Wildman–Crippen LogP) is 3.11. The predicted molar refractivity (Wildman–Crippen MR) is 70.3 cm³/mol. The Morgan fingerprint density at radius 3 is 2.38 bits per heavy atom. The number of benzene rings is 1. The number of hydrogen-bond donors (Lipinski definition) is 0. The van der Waals surface area contributed by atoms with E-state index in [1.54, 1.807) is 4.90 Å². The molecule has 0 aliphatic heterocycles. The Hall–Kier alpha value is -0.830. The average Bonchev–Trinajstić information content (AvgIpc) is 2.20. The first kappa shape index (κ1) is 13.2. The largest absolute Gasteiger partial charge is 0.345 e. The second-order valence-electron chi connectivity index (χ2n) is 4.47. The van der Waals surface area contributed by atoms with Gasteiger partial charge in [-0.25, -0.2) is 0 Å². The molecule has 0 unspecified atom stereocenters. The lowest BCUT2D eigenvalue weighted by Crippen LogP contribution is -2.31. The van der Waals surface area contributed by atoms with Crippen LogP contribution in [0.1, 0.15) is 19.4 Å². The average molecular weight is 284 g/mol. The Labute approximate surface area is 106 Å². The monoisotopic (exact) mass is 283 g/mol. The summed E-state index contributed by atoms with van der Waals surface area (Å²) in [6, 6.07) is 7.88. The van der Waals surface area contributed by atoms with Crippen molar-refractivity contribution < 1.29 is 4.79 Å². The van der Waals surface area contributed by atoms with Crippen molar-refractivity contribution in [2.75, 3.05) is 13.6 Å². The molecule has 1 amide bonds. The van der Waals surface area contributed by atoms with Crippen LogP contribution in [0.2, 0.25) is 0 Å². The van der Waals surface area contributed by atoms with Gasteiger partial charge < -0.3 is 4.90 Å². The molecule has 0 spiro atoms. The molecule has 0 aliphatic carbocycles. The summed E-state index contributed by atoms with van der Waals surface area (Å²) < 4.78 is 1.04. The Kier molecular flexibility index (Phi) is 5.00. The van der Waals surface area contributed by atoms with Crippen LogP contribution >= 0.6 is 15.9 Å². The van der Waals surface area contributed by atoms with Gasteiger partial charge in [-0.2, -0.15) is 0 Å². The summed E-state index contributed by atoms with van der Waals surface area (Å²) in [7, 11) is 1.86. The summed E-state index contributed by atoms with van der Waals surface area (Å²) in [6.45, 7) is 5.04. The molecule has 0 atom stereocenters. The molecule has 0 radical (unpaired) electrons. The molecule has 1 aromatic carbocycles. The quantitative estimate of drug-likeness (QED) is 0.832. The maximum atomic E-state index is 11.8. The Bertz CT molecular complexity index is 345. The Morgan fingerprint density at radius 1 is 1.31 bits per heavy atom. The minimum Gasteiger partial charge on any atom is -0.345 e. The van der Waals surface area contributed by atoms with E-state index in [9.17, 15) is 4.79 Å². The van der Waals surface area contributed by atoms with Crippen LogP contribution < -0.4 is 0 Å². The molecule has 0 fully saturated rings. The van der Waals surface area contributed by atoms with Crippen molar-refractivity contribution in [1.29, 1.82) is 0 Å². The van der Waals surface area contributed by atoms with E-state index < -0.39 is 0 Å². The number of amides is 1. The van der Waals surface area contributed by atoms with Gasteiger partial charge in [0.05, 0.1) is 6.42 Å². The van der Waals surface area contributed by atoms with E-state index in [1.807, 2.05) is 31.3 Å². The number of hydrogen-bond acceptors (Lipinski definition) is 1. The maximum absolute atomic E-state index is 11.8. The zero-order valence-corrected chi connectivity index (χ0v) is 11.6.